The molecule has 5 rings (SSSR count). The van der Waals surface area contributed by atoms with Gasteiger partial charge in [-0.2, -0.15) is 4.98 Å². The van der Waals surface area contributed by atoms with Crippen molar-refractivity contribution in [3.63, 3.8) is 0 Å². The van der Waals surface area contributed by atoms with E-state index in [1.165, 1.54) is 0 Å². The first-order chi connectivity index (χ1) is 20.1. The molecule has 0 bridgehead atoms. The van der Waals surface area contributed by atoms with Crippen LogP contribution in [0, 0.1) is 0 Å². The van der Waals surface area contributed by atoms with Crippen molar-refractivity contribution in [2.75, 3.05) is 25.0 Å². The Morgan fingerprint density at radius 3 is 2.40 bits per heavy atom. The van der Waals surface area contributed by atoms with Gasteiger partial charge in [-0.3, -0.25) is 9.71 Å². The fraction of sp³-hybridized carbons (Fsp3) is 0.323. The van der Waals surface area contributed by atoms with Gasteiger partial charge in [0.1, 0.15) is 18.1 Å². The molecule has 220 valence electrons. The first kappa shape index (κ1) is 29.3. The summed E-state index contributed by atoms with van der Waals surface area (Å²) in [5.41, 5.74) is 1.50. The molecule has 1 N–H and O–H groups in total. The summed E-state index contributed by atoms with van der Waals surface area (Å²) in [6.07, 6.45) is 4.88. The van der Waals surface area contributed by atoms with Crippen molar-refractivity contribution < 1.29 is 27.4 Å². The highest BCUT2D eigenvalue weighted by Crippen LogP contribution is 2.40. The molecule has 10 nitrogen and oxygen atoms in total. The predicted molar refractivity (Wildman–Crippen MR) is 159 cm³/mol. The first-order valence-electron chi connectivity index (χ1n) is 13.6. The SMILES string of the molecule is COc1cccc(Oc2c(NS(=O)(=O)c3ccc(C(C)(C)C)cc3)nc(-c3ccncc3)nc2OCC2CCCO2)c1. The molecule has 1 aliphatic rings. The Morgan fingerprint density at radius 1 is 1.00 bits per heavy atom. The topological polar surface area (TPSA) is 122 Å². The van der Waals surface area contributed by atoms with Crippen LogP contribution in [0.2, 0.25) is 0 Å². The first-order valence-corrected chi connectivity index (χ1v) is 15.1. The van der Waals surface area contributed by atoms with E-state index >= 15 is 0 Å². The van der Waals surface area contributed by atoms with Crippen LogP contribution in [0.5, 0.6) is 23.1 Å². The van der Waals surface area contributed by atoms with Gasteiger partial charge < -0.3 is 18.9 Å². The zero-order valence-corrected chi connectivity index (χ0v) is 24.8. The summed E-state index contributed by atoms with van der Waals surface area (Å²) in [6.45, 7) is 7.07. The highest BCUT2D eigenvalue weighted by atomic mass is 32.2. The number of ether oxygens (including phenoxy) is 4. The van der Waals surface area contributed by atoms with Crippen molar-refractivity contribution in [3.05, 3.63) is 78.6 Å². The lowest BCUT2D eigenvalue weighted by Crippen LogP contribution is -2.19. The van der Waals surface area contributed by atoms with E-state index in [2.05, 4.69) is 40.4 Å². The average Bonchev–Trinajstić information content (AvgIpc) is 3.51. The van der Waals surface area contributed by atoms with Gasteiger partial charge in [-0.1, -0.05) is 39.0 Å². The van der Waals surface area contributed by atoms with Crippen LogP contribution in [0.3, 0.4) is 0 Å². The number of sulfonamides is 1. The van der Waals surface area contributed by atoms with Crippen LogP contribution in [0.25, 0.3) is 11.4 Å². The molecule has 11 heteroatoms. The van der Waals surface area contributed by atoms with E-state index in [-0.39, 0.29) is 46.3 Å². The molecule has 0 radical (unpaired) electrons. The summed E-state index contributed by atoms with van der Waals surface area (Å²) in [4.78, 5) is 13.4. The summed E-state index contributed by atoms with van der Waals surface area (Å²) in [6, 6.07) is 17.1. The van der Waals surface area contributed by atoms with Crippen LogP contribution in [0.4, 0.5) is 5.82 Å². The molecule has 0 saturated carbocycles. The van der Waals surface area contributed by atoms with Crippen LogP contribution >= 0.6 is 0 Å². The second-order valence-corrected chi connectivity index (χ2v) is 12.6. The summed E-state index contributed by atoms with van der Waals surface area (Å²) >= 11 is 0. The normalized spacial score (nSPS) is 15.3. The van der Waals surface area contributed by atoms with E-state index in [1.807, 2.05) is 0 Å². The van der Waals surface area contributed by atoms with Crippen LogP contribution in [-0.2, 0) is 20.2 Å². The third kappa shape index (κ3) is 6.97. The van der Waals surface area contributed by atoms with Gasteiger partial charge in [0.05, 0.1) is 18.1 Å². The number of methoxy groups -OCH3 is 1. The van der Waals surface area contributed by atoms with Gasteiger partial charge in [-0.25, -0.2) is 13.4 Å². The number of anilines is 1. The van der Waals surface area contributed by atoms with Crippen molar-refractivity contribution in [1.82, 2.24) is 15.0 Å². The molecule has 2 aromatic heterocycles. The molecule has 4 aromatic rings. The Hall–Kier alpha value is -4.22. The van der Waals surface area contributed by atoms with Crippen molar-refractivity contribution >= 4 is 15.8 Å². The Labute approximate surface area is 246 Å². The van der Waals surface area contributed by atoms with Crippen LogP contribution < -0.4 is 18.9 Å². The minimum atomic E-state index is -4.09. The second kappa shape index (κ2) is 12.3. The van der Waals surface area contributed by atoms with Gasteiger partial charge in [0.15, 0.2) is 11.6 Å². The average molecular weight is 591 g/mol. The summed E-state index contributed by atoms with van der Waals surface area (Å²) < 4.78 is 53.4. The predicted octanol–water partition coefficient (Wildman–Crippen LogP) is 6.00. The summed E-state index contributed by atoms with van der Waals surface area (Å²) in [5, 5.41) is 0. The monoisotopic (exact) mass is 590 g/mol. The number of hydrogen-bond donors (Lipinski definition) is 1. The van der Waals surface area contributed by atoms with Gasteiger partial charge in [0.25, 0.3) is 15.9 Å². The minimum Gasteiger partial charge on any atom is -0.497 e. The number of aromatic nitrogens is 3. The molecule has 1 saturated heterocycles. The Kier molecular flexibility index (Phi) is 8.60. The maximum absolute atomic E-state index is 13.7. The van der Waals surface area contributed by atoms with E-state index < -0.39 is 10.0 Å². The quantitative estimate of drug-likeness (QED) is 0.237. The number of nitrogens with one attached hydrogen (secondary N) is 1. The smallest absolute Gasteiger partial charge is 0.263 e. The van der Waals surface area contributed by atoms with Crippen molar-refractivity contribution in [3.8, 4) is 34.5 Å². The number of benzene rings is 2. The lowest BCUT2D eigenvalue weighted by Gasteiger charge is -2.20. The van der Waals surface area contributed by atoms with Crippen LogP contribution in [0.1, 0.15) is 39.2 Å². The third-order valence-corrected chi connectivity index (χ3v) is 8.08. The van der Waals surface area contributed by atoms with E-state index in [0.29, 0.717) is 23.7 Å². The third-order valence-electron chi connectivity index (χ3n) is 6.73. The van der Waals surface area contributed by atoms with Crippen molar-refractivity contribution in [1.29, 1.82) is 0 Å². The Balaban J connectivity index is 1.60. The van der Waals surface area contributed by atoms with Crippen LogP contribution in [0.15, 0.2) is 78.0 Å². The van der Waals surface area contributed by atoms with E-state index in [1.54, 1.807) is 80.2 Å². The fourth-order valence-electron chi connectivity index (χ4n) is 4.37. The second-order valence-electron chi connectivity index (χ2n) is 10.9. The number of pyridine rings is 1. The molecule has 42 heavy (non-hydrogen) atoms. The zero-order chi connectivity index (χ0) is 29.7. The highest BCUT2D eigenvalue weighted by Gasteiger charge is 2.26. The molecule has 0 aliphatic carbocycles. The molecule has 1 aliphatic heterocycles. The molecule has 0 spiro atoms. The standard InChI is InChI=1S/C31H34N4O6S/c1-31(2,3)22-10-12-26(13-11-22)42(36,37)35-29-27(41-24-8-5-7-23(19-24)38-4)30(40-20-25-9-6-18-39-25)34-28(33-29)21-14-16-32-17-15-21/h5,7-8,10-17,19,25H,6,9,18,20H2,1-4H3,(H,33,34,35). The van der Waals surface area contributed by atoms with Crippen molar-refractivity contribution in [2.24, 2.45) is 0 Å². The van der Waals surface area contributed by atoms with Gasteiger partial charge in [0, 0.05) is 30.6 Å². The Bertz CT molecular complexity index is 1620. The lowest BCUT2D eigenvalue weighted by atomic mass is 9.87. The van der Waals surface area contributed by atoms with Gasteiger partial charge in [-0.05, 0) is 60.2 Å². The molecule has 1 unspecified atom stereocenters. The highest BCUT2D eigenvalue weighted by molar-refractivity contribution is 7.92. The van der Waals surface area contributed by atoms with E-state index in [4.69, 9.17) is 18.9 Å². The Morgan fingerprint density at radius 2 is 1.74 bits per heavy atom. The van der Waals surface area contributed by atoms with Gasteiger partial charge in [0.2, 0.25) is 5.75 Å². The van der Waals surface area contributed by atoms with E-state index in [0.717, 1.165) is 18.4 Å². The largest absolute Gasteiger partial charge is 0.497 e. The van der Waals surface area contributed by atoms with Gasteiger partial charge in [-0.15, -0.1) is 0 Å². The molecule has 3 heterocycles. The van der Waals surface area contributed by atoms with Crippen LogP contribution in [-0.4, -0.2) is 49.8 Å². The molecule has 1 atom stereocenters. The number of nitrogens with zero attached hydrogens (tertiary/aromatic N) is 3. The number of hydrogen-bond acceptors (Lipinski definition) is 9. The molecule has 2 aromatic carbocycles. The van der Waals surface area contributed by atoms with E-state index in [9.17, 15) is 8.42 Å². The minimum absolute atomic E-state index is 0.00828. The molecular weight excluding hydrogens is 556 g/mol. The molecule has 1 fully saturated rings. The molecule has 0 amide bonds. The van der Waals surface area contributed by atoms with Crippen molar-refractivity contribution in [2.45, 2.75) is 50.0 Å². The number of rotatable bonds is 10. The zero-order valence-electron chi connectivity index (χ0n) is 24.0. The lowest BCUT2D eigenvalue weighted by molar-refractivity contribution is 0.0655. The summed E-state index contributed by atoms with van der Waals surface area (Å²) in [5.74, 6) is 1.17. The maximum atomic E-state index is 13.7. The summed E-state index contributed by atoms with van der Waals surface area (Å²) in [7, 11) is -2.54. The molecular formula is C31H34N4O6S. The van der Waals surface area contributed by atoms with Gasteiger partial charge >= 0.3 is 0 Å². The fourth-order valence-corrected chi connectivity index (χ4v) is 5.37. The maximum Gasteiger partial charge on any atom is 0.263 e.